The number of carbonyl (C=O) groups is 1. The minimum absolute atomic E-state index is 0.0727. The standard InChI is InChI=1S/C16H15ClFN3O3/c1-20(9-11-12(17)5-4-6-13(11)18)10-16(22)19-14-7-2-3-8-15(14)21(23)24/h2-8H,9-10H2,1H3,(H,19,22). The summed E-state index contributed by atoms with van der Waals surface area (Å²) in [5.41, 5.74) is 0.218. The van der Waals surface area contributed by atoms with Gasteiger partial charge in [-0.25, -0.2) is 4.39 Å². The fraction of sp³-hybridized carbons (Fsp3) is 0.188. The van der Waals surface area contributed by atoms with Crippen molar-refractivity contribution in [1.29, 1.82) is 0 Å². The Labute approximate surface area is 143 Å². The second-order valence-corrected chi connectivity index (χ2v) is 5.60. The number of nitro groups is 1. The van der Waals surface area contributed by atoms with Gasteiger partial charge < -0.3 is 5.32 Å². The summed E-state index contributed by atoms with van der Waals surface area (Å²) >= 11 is 5.95. The monoisotopic (exact) mass is 351 g/mol. The molecule has 0 fully saturated rings. The Morgan fingerprint density at radius 1 is 1.29 bits per heavy atom. The van der Waals surface area contributed by atoms with Crippen molar-refractivity contribution >= 4 is 28.9 Å². The van der Waals surface area contributed by atoms with Crippen LogP contribution in [0.25, 0.3) is 0 Å². The Morgan fingerprint density at radius 3 is 2.67 bits per heavy atom. The Hall–Kier alpha value is -2.51. The second-order valence-electron chi connectivity index (χ2n) is 5.19. The maximum Gasteiger partial charge on any atom is 0.292 e. The first-order valence-corrected chi connectivity index (χ1v) is 7.41. The van der Waals surface area contributed by atoms with Crippen LogP contribution in [0.1, 0.15) is 5.56 Å². The van der Waals surface area contributed by atoms with Crippen LogP contribution in [-0.4, -0.2) is 29.3 Å². The molecule has 2 rings (SSSR count). The van der Waals surface area contributed by atoms with E-state index < -0.39 is 16.6 Å². The van der Waals surface area contributed by atoms with Gasteiger partial charge in [-0.05, 0) is 25.2 Å². The number of benzene rings is 2. The zero-order valence-corrected chi connectivity index (χ0v) is 13.6. The molecule has 0 unspecified atom stereocenters. The number of hydrogen-bond acceptors (Lipinski definition) is 4. The van der Waals surface area contributed by atoms with E-state index >= 15 is 0 Å². The number of hydrogen-bond donors (Lipinski definition) is 1. The summed E-state index contributed by atoms with van der Waals surface area (Å²) in [4.78, 5) is 24.0. The van der Waals surface area contributed by atoms with Crippen molar-refractivity contribution in [1.82, 2.24) is 4.90 Å². The Kier molecular flexibility index (Phi) is 5.83. The van der Waals surface area contributed by atoms with Gasteiger partial charge in [-0.15, -0.1) is 0 Å². The molecule has 0 bridgehead atoms. The lowest BCUT2D eigenvalue weighted by Gasteiger charge is -2.17. The van der Waals surface area contributed by atoms with Crippen LogP contribution in [0.4, 0.5) is 15.8 Å². The quantitative estimate of drug-likeness (QED) is 0.638. The molecule has 0 radical (unpaired) electrons. The van der Waals surface area contributed by atoms with Gasteiger partial charge in [0.05, 0.1) is 11.5 Å². The summed E-state index contributed by atoms with van der Waals surface area (Å²) in [6, 6.07) is 10.2. The SMILES string of the molecule is CN(CC(=O)Nc1ccccc1[N+](=O)[O-])Cc1c(F)cccc1Cl. The van der Waals surface area contributed by atoms with Crippen LogP contribution < -0.4 is 5.32 Å². The first kappa shape index (κ1) is 17.8. The van der Waals surface area contributed by atoms with E-state index in [0.29, 0.717) is 5.56 Å². The maximum absolute atomic E-state index is 13.8. The van der Waals surface area contributed by atoms with Gasteiger partial charge in [0, 0.05) is 23.2 Å². The van der Waals surface area contributed by atoms with Crippen molar-refractivity contribution in [2.24, 2.45) is 0 Å². The lowest BCUT2D eigenvalue weighted by molar-refractivity contribution is -0.383. The van der Waals surface area contributed by atoms with Crippen LogP contribution in [0, 0.1) is 15.9 Å². The summed E-state index contributed by atoms with van der Waals surface area (Å²) in [6.45, 7) is 0.0620. The molecule has 0 heterocycles. The van der Waals surface area contributed by atoms with Crippen LogP contribution in [-0.2, 0) is 11.3 Å². The average Bonchev–Trinajstić information content (AvgIpc) is 2.51. The molecular formula is C16H15ClFN3O3. The maximum atomic E-state index is 13.8. The van der Waals surface area contributed by atoms with Gasteiger partial charge in [0.2, 0.25) is 5.91 Å². The first-order chi connectivity index (χ1) is 11.4. The van der Waals surface area contributed by atoms with Gasteiger partial charge in [0.25, 0.3) is 5.69 Å². The Bertz CT molecular complexity index is 750. The van der Waals surface area contributed by atoms with E-state index in [1.54, 1.807) is 24.1 Å². The molecule has 8 heteroatoms. The number of likely N-dealkylation sites (N-methyl/N-ethyl adjacent to an activating group) is 1. The zero-order chi connectivity index (χ0) is 17.7. The van der Waals surface area contributed by atoms with Crippen molar-refractivity contribution in [3.05, 3.63) is 69.0 Å². The third-order valence-corrected chi connectivity index (χ3v) is 3.63. The lowest BCUT2D eigenvalue weighted by Crippen LogP contribution is -2.30. The summed E-state index contributed by atoms with van der Waals surface area (Å²) in [6.07, 6.45) is 0. The highest BCUT2D eigenvalue weighted by atomic mass is 35.5. The predicted octanol–water partition coefficient (Wildman–Crippen LogP) is 3.46. The number of amides is 1. The van der Waals surface area contributed by atoms with Gasteiger partial charge in [-0.1, -0.05) is 29.8 Å². The molecule has 1 N–H and O–H groups in total. The number of rotatable bonds is 6. The molecule has 24 heavy (non-hydrogen) atoms. The fourth-order valence-electron chi connectivity index (χ4n) is 2.18. The third-order valence-electron chi connectivity index (χ3n) is 3.28. The molecule has 0 aliphatic rings. The van der Waals surface area contributed by atoms with Crippen LogP contribution in [0.3, 0.4) is 0 Å². The summed E-state index contributed by atoms with van der Waals surface area (Å²) in [5, 5.41) is 13.7. The molecule has 2 aromatic carbocycles. The highest BCUT2D eigenvalue weighted by Gasteiger charge is 2.17. The molecular weight excluding hydrogens is 337 g/mol. The van der Waals surface area contributed by atoms with Crippen molar-refractivity contribution in [3.8, 4) is 0 Å². The molecule has 0 aliphatic heterocycles. The zero-order valence-electron chi connectivity index (χ0n) is 12.8. The van der Waals surface area contributed by atoms with Crippen LogP contribution in [0.5, 0.6) is 0 Å². The smallest absolute Gasteiger partial charge is 0.292 e. The van der Waals surface area contributed by atoms with E-state index in [4.69, 9.17) is 11.6 Å². The number of anilines is 1. The van der Waals surface area contributed by atoms with E-state index in [-0.39, 0.29) is 29.5 Å². The van der Waals surface area contributed by atoms with Gasteiger partial charge in [-0.3, -0.25) is 19.8 Å². The minimum Gasteiger partial charge on any atom is -0.319 e. The molecule has 126 valence electrons. The van der Waals surface area contributed by atoms with E-state index in [0.717, 1.165) is 0 Å². The number of nitrogens with one attached hydrogen (secondary N) is 1. The van der Waals surface area contributed by atoms with Gasteiger partial charge in [-0.2, -0.15) is 0 Å². The number of para-hydroxylation sites is 2. The van der Waals surface area contributed by atoms with E-state index in [1.807, 2.05) is 0 Å². The summed E-state index contributed by atoms with van der Waals surface area (Å²) < 4.78 is 13.8. The number of nitro benzene ring substituents is 1. The molecule has 0 saturated heterocycles. The Morgan fingerprint density at radius 2 is 2.00 bits per heavy atom. The Balaban J connectivity index is 2.01. The number of carbonyl (C=O) groups excluding carboxylic acids is 1. The van der Waals surface area contributed by atoms with Crippen LogP contribution in [0.2, 0.25) is 5.02 Å². The van der Waals surface area contributed by atoms with Crippen molar-refractivity contribution in [2.45, 2.75) is 6.54 Å². The van der Waals surface area contributed by atoms with Crippen molar-refractivity contribution in [3.63, 3.8) is 0 Å². The second kappa shape index (κ2) is 7.85. The summed E-state index contributed by atoms with van der Waals surface area (Å²) in [5.74, 6) is -0.896. The molecule has 0 spiro atoms. The summed E-state index contributed by atoms with van der Waals surface area (Å²) in [7, 11) is 1.63. The number of halogens is 2. The van der Waals surface area contributed by atoms with Gasteiger partial charge in [0.1, 0.15) is 11.5 Å². The molecule has 0 atom stereocenters. The third kappa shape index (κ3) is 4.50. The van der Waals surface area contributed by atoms with E-state index in [2.05, 4.69) is 5.32 Å². The van der Waals surface area contributed by atoms with Crippen molar-refractivity contribution < 1.29 is 14.1 Å². The highest BCUT2D eigenvalue weighted by molar-refractivity contribution is 6.31. The number of nitrogens with zero attached hydrogens (tertiary/aromatic N) is 2. The van der Waals surface area contributed by atoms with Crippen molar-refractivity contribution in [2.75, 3.05) is 18.9 Å². The molecule has 1 amide bonds. The molecule has 0 aromatic heterocycles. The fourth-order valence-corrected chi connectivity index (χ4v) is 2.41. The normalized spacial score (nSPS) is 10.7. The topological polar surface area (TPSA) is 75.5 Å². The van der Waals surface area contributed by atoms with Gasteiger partial charge in [0.15, 0.2) is 0 Å². The lowest BCUT2D eigenvalue weighted by atomic mass is 10.2. The largest absolute Gasteiger partial charge is 0.319 e. The van der Waals surface area contributed by atoms with Crippen LogP contribution in [0.15, 0.2) is 42.5 Å². The van der Waals surface area contributed by atoms with E-state index in [9.17, 15) is 19.3 Å². The molecule has 6 nitrogen and oxygen atoms in total. The van der Waals surface area contributed by atoms with Gasteiger partial charge >= 0.3 is 0 Å². The predicted molar refractivity (Wildman–Crippen MR) is 89.5 cm³/mol. The van der Waals surface area contributed by atoms with Crippen LogP contribution >= 0.6 is 11.6 Å². The molecule has 2 aromatic rings. The average molecular weight is 352 g/mol. The molecule has 0 saturated carbocycles. The highest BCUT2D eigenvalue weighted by Crippen LogP contribution is 2.23. The van der Waals surface area contributed by atoms with E-state index in [1.165, 1.54) is 30.3 Å². The minimum atomic E-state index is -0.571. The molecule has 0 aliphatic carbocycles. The first-order valence-electron chi connectivity index (χ1n) is 7.03.